The molecule has 1 heterocycles. The van der Waals surface area contributed by atoms with Crippen molar-refractivity contribution in [2.24, 2.45) is 0 Å². The molecule has 0 bridgehead atoms. The predicted molar refractivity (Wildman–Crippen MR) is 86.5 cm³/mol. The van der Waals surface area contributed by atoms with Gasteiger partial charge in [0.05, 0.1) is 5.02 Å². The zero-order valence-corrected chi connectivity index (χ0v) is 14.4. The number of likely N-dealkylation sites (tertiary alicyclic amines) is 1. The highest BCUT2D eigenvalue weighted by Gasteiger charge is 2.24. The quantitative estimate of drug-likeness (QED) is 0.740. The molecule has 0 spiro atoms. The molecular formula is C14H20Cl2N2O2S. The van der Waals surface area contributed by atoms with E-state index in [1.165, 1.54) is 17.1 Å². The topological polar surface area (TPSA) is 40.6 Å². The molecule has 0 aliphatic carbocycles. The minimum absolute atomic E-state index is 0.131. The van der Waals surface area contributed by atoms with E-state index in [0.29, 0.717) is 6.54 Å². The molecule has 118 valence electrons. The van der Waals surface area contributed by atoms with Crippen LogP contribution < -0.4 is 0 Å². The van der Waals surface area contributed by atoms with Gasteiger partial charge in [0.15, 0.2) is 0 Å². The lowest BCUT2D eigenvalue weighted by molar-refractivity contribution is 0.310. The van der Waals surface area contributed by atoms with Crippen molar-refractivity contribution in [2.45, 2.75) is 23.6 Å². The Morgan fingerprint density at radius 1 is 1.29 bits per heavy atom. The molecule has 0 radical (unpaired) electrons. The maximum Gasteiger partial charge on any atom is 0.244 e. The summed E-state index contributed by atoms with van der Waals surface area (Å²) in [4.78, 5) is 2.41. The van der Waals surface area contributed by atoms with Gasteiger partial charge in [0.2, 0.25) is 10.0 Å². The summed E-state index contributed by atoms with van der Waals surface area (Å²) in [6.07, 6.45) is 2.39. The summed E-state index contributed by atoms with van der Waals surface area (Å²) in [5, 5.41) is 0.233. The Hall–Kier alpha value is -0.330. The third-order valence-electron chi connectivity index (χ3n) is 3.77. The Labute approximate surface area is 136 Å². The molecular weight excluding hydrogens is 331 g/mol. The summed E-state index contributed by atoms with van der Waals surface area (Å²) in [5.41, 5.74) is 0.743. The maximum atomic E-state index is 12.6. The smallest absolute Gasteiger partial charge is 0.244 e. The van der Waals surface area contributed by atoms with Gasteiger partial charge in [-0.3, -0.25) is 0 Å². The summed E-state index contributed by atoms with van der Waals surface area (Å²) in [7, 11) is -1.99. The fraction of sp³-hybridized carbons (Fsp3) is 0.571. The van der Waals surface area contributed by atoms with E-state index in [1.807, 2.05) is 0 Å². The molecule has 2 rings (SSSR count). The van der Waals surface area contributed by atoms with E-state index >= 15 is 0 Å². The van der Waals surface area contributed by atoms with Gasteiger partial charge in [-0.1, -0.05) is 17.7 Å². The van der Waals surface area contributed by atoms with Crippen LogP contribution in [0.4, 0.5) is 0 Å². The number of benzene rings is 1. The molecule has 21 heavy (non-hydrogen) atoms. The summed E-state index contributed by atoms with van der Waals surface area (Å²) in [6.45, 7) is 3.32. The van der Waals surface area contributed by atoms with Crippen LogP contribution >= 0.6 is 23.2 Å². The highest BCUT2D eigenvalue weighted by Crippen LogP contribution is 2.26. The standard InChI is InChI=1S/C14H20Cl2N2O2S/c1-17(8-9-18-6-2-3-7-18)21(19,20)14-10-12(11-15)4-5-13(14)16/h4-5,10H,2-3,6-9,11H2,1H3. The van der Waals surface area contributed by atoms with Crippen molar-refractivity contribution in [3.8, 4) is 0 Å². The van der Waals surface area contributed by atoms with E-state index in [4.69, 9.17) is 23.2 Å². The second-order valence-corrected chi connectivity index (χ2v) is 7.96. The number of alkyl halides is 1. The van der Waals surface area contributed by atoms with Crippen molar-refractivity contribution in [3.05, 3.63) is 28.8 Å². The van der Waals surface area contributed by atoms with Crippen LogP contribution in [0, 0.1) is 0 Å². The van der Waals surface area contributed by atoms with E-state index in [-0.39, 0.29) is 15.8 Å². The maximum absolute atomic E-state index is 12.6. The Kier molecular flexibility index (Phi) is 5.91. The highest BCUT2D eigenvalue weighted by atomic mass is 35.5. The molecule has 1 fully saturated rings. The molecule has 4 nitrogen and oxygen atoms in total. The predicted octanol–water partition coefficient (Wildman–Crippen LogP) is 2.80. The summed E-state index contributed by atoms with van der Waals surface area (Å²) in [6, 6.07) is 4.87. The summed E-state index contributed by atoms with van der Waals surface area (Å²) in [5.74, 6) is 0.261. The van der Waals surface area contributed by atoms with Gasteiger partial charge in [-0.2, -0.15) is 4.31 Å². The molecule has 0 aromatic heterocycles. The molecule has 0 amide bonds. The molecule has 0 unspecified atom stereocenters. The number of rotatable bonds is 6. The average Bonchev–Trinajstić information content (AvgIpc) is 2.98. The van der Waals surface area contributed by atoms with Gasteiger partial charge in [-0.15, -0.1) is 11.6 Å². The van der Waals surface area contributed by atoms with Crippen LogP contribution in [0.2, 0.25) is 5.02 Å². The molecule has 1 aromatic carbocycles. The fourth-order valence-corrected chi connectivity index (χ4v) is 4.25. The summed E-state index contributed by atoms with van der Waals surface area (Å²) < 4.78 is 26.6. The van der Waals surface area contributed by atoms with Gasteiger partial charge in [-0.25, -0.2) is 8.42 Å². The van der Waals surface area contributed by atoms with Crippen LogP contribution in [0.5, 0.6) is 0 Å². The van der Waals surface area contributed by atoms with Crippen molar-refractivity contribution in [2.75, 3.05) is 33.2 Å². The first-order chi connectivity index (χ1) is 9.95. The molecule has 1 aliphatic rings. The second kappa shape index (κ2) is 7.29. The highest BCUT2D eigenvalue weighted by molar-refractivity contribution is 7.89. The minimum Gasteiger partial charge on any atom is -0.302 e. The van der Waals surface area contributed by atoms with E-state index in [9.17, 15) is 8.42 Å². The van der Waals surface area contributed by atoms with Gasteiger partial charge in [-0.05, 0) is 43.6 Å². The van der Waals surface area contributed by atoms with Gasteiger partial charge in [0, 0.05) is 26.0 Å². The van der Waals surface area contributed by atoms with E-state index in [1.54, 1.807) is 25.2 Å². The van der Waals surface area contributed by atoms with Gasteiger partial charge in [0.1, 0.15) is 4.90 Å². The van der Waals surface area contributed by atoms with Crippen LogP contribution in [0.3, 0.4) is 0 Å². The Morgan fingerprint density at radius 3 is 2.57 bits per heavy atom. The second-order valence-electron chi connectivity index (χ2n) is 5.27. The van der Waals surface area contributed by atoms with Crippen molar-refractivity contribution in [3.63, 3.8) is 0 Å². The molecule has 1 aliphatic heterocycles. The zero-order chi connectivity index (χ0) is 15.5. The largest absolute Gasteiger partial charge is 0.302 e. The molecule has 1 saturated heterocycles. The molecule has 1 aromatic rings. The Morgan fingerprint density at radius 2 is 1.95 bits per heavy atom. The van der Waals surface area contributed by atoms with Gasteiger partial charge < -0.3 is 4.90 Å². The van der Waals surface area contributed by atoms with Gasteiger partial charge in [0.25, 0.3) is 0 Å². The molecule has 0 N–H and O–H groups in total. The number of hydrogen-bond acceptors (Lipinski definition) is 3. The third-order valence-corrected chi connectivity index (χ3v) is 6.41. The lowest BCUT2D eigenvalue weighted by Gasteiger charge is -2.22. The van der Waals surface area contributed by atoms with Crippen molar-refractivity contribution in [1.29, 1.82) is 0 Å². The van der Waals surface area contributed by atoms with Crippen LogP contribution in [-0.2, 0) is 15.9 Å². The molecule has 7 heteroatoms. The first-order valence-corrected chi connectivity index (χ1v) is 9.33. The van der Waals surface area contributed by atoms with E-state index in [0.717, 1.165) is 25.2 Å². The Balaban J connectivity index is 2.12. The lowest BCUT2D eigenvalue weighted by atomic mass is 10.2. The van der Waals surface area contributed by atoms with E-state index < -0.39 is 10.0 Å². The zero-order valence-electron chi connectivity index (χ0n) is 12.1. The van der Waals surface area contributed by atoms with Crippen LogP contribution in [0.15, 0.2) is 23.1 Å². The number of halogens is 2. The monoisotopic (exact) mass is 350 g/mol. The van der Waals surface area contributed by atoms with E-state index in [2.05, 4.69) is 4.90 Å². The van der Waals surface area contributed by atoms with Crippen molar-refractivity contribution < 1.29 is 8.42 Å². The van der Waals surface area contributed by atoms with Gasteiger partial charge >= 0.3 is 0 Å². The average molecular weight is 351 g/mol. The lowest BCUT2D eigenvalue weighted by Crippen LogP contribution is -2.35. The SMILES string of the molecule is CN(CCN1CCCC1)S(=O)(=O)c1cc(CCl)ccc1Cl. The number of hydrogen-bond donors (Lipinski definition) is 0. The van der Waals surface area contributed by atoms with Crippen molar-refractivity contribution >= 4 is 33.2 Å². The minimum atomic E-state index is -3.58. The fourth-order valence-electron chi connectivity index (χ4n) is 2.41. The van der Waals surface area contributed by atoms with Crippen LogP contribution in [-0.4, -0.2) is 50.8 Å². The first kappa shape index (κ1) is 17.0. The molecule has 0 atom stereocenters. The first-order valence-electron chi connectivity index (χ1n) is 6.98. The van der Waals surface area contributed by atoms with Crippen molar-refractivity contribution in [1.82, 2.24) is 9.21 Å². The third kappa shape index (κ3) is 4.11. The Bertz CT molecular complexity index is 587. The number of likely N-dealkylation sites (N-methyl/N-ethyl adjacent to an activating group) is 1. The number of sulfonamides is 1. The van der Waals surface area contributed by atoms with Crippen LogP contribution in [0.25, 0.3) is 0 Å². The normalized spacial score (nSPS) is 16.8. The number of nitrogens with zero attached hydrogens (tertiary/aromatic N) is 2. The van der Waals surface area contributed by atoms with Crippen LogP contribution in [0.1, 0.15) is 18.4 Å². The summed E-state index contributed by atoms with van der Waals surface area (Å²) >= 11 is 11.8. The molecule has 0 saturated carbocycles.